The second kappa shape index (κ2) is 39.7. The number of aliphatic hydroxyl groups is 5. The van der Waals surface area contributed by atoms with Gasteiger partial charge >= 0.3 is 0 Å². The lowest BCUT2D eigenvalue weighted by molar-refractivity contribution is -0.130. The first-order valence-corrected chi connectivity index (χ1v) is 41.5. The molecule has 666 valence electrons. The first kappa shape index (κ1) is 95.3. The topological polar surface area (TPSA) is 445 Å². The molecular weight excluding hydrogens is 1700 g/mol. The van der Waals surface area contributed by atoms with Crippen molar-refractivity contribution in [3.63, 3.8) is 0 Å². The van der Waals surface area contributed by atoms with Crippen molar-refractivity contribution in [2.24, 2.45) is 0 Å². The van der Waals surface area contributed by atoms with Gasteiger partial charge in [-0.2, -0.15) is 0 Å². The summed E-state index contributed by atoms with van der Waals surface area (Å²) in [5.41, 5.74) is -2.44. The third-order valence-electron chi connectivity index (χ3n) is 23.7. The van der Waals surface area contributed by atoms with Gasteiger partial charge in [-0.3, -0.25) is 71.9 Å². The second-order valence-electron chi connectivity index (χ2n) is 32.0. The van der Waals surface area contributed by atoms with Gasteiger partial charge in [0.05, 0.1) is 64.8 Å². The Morgan fingerprint density at radius 1 is 0.328 bits per heavy atom. The van der Waals surface area contributed by atoms with Gasteiger partial charge in [0, 0.05) is 78.0 Å². The van der Waals surface area contributed by atoms with Crippen LogP contribution in [-0.4, -0.2) is 185 Å². The zero-order chi connectivity index (χ0) is 93.2. The smallest absolute Gasteiger partial charge is 0.259 e. The second-order valence-corrected chi connectivity index (χ2v) is 32.8. The molecule has 5 aliphatic carbocycles. The molecular formula is C96H91Cl2F2N5O23. The third-order valence-corrected chi connectivity index (χ3v) is 24.3. The Balaban J connectivity index is 0.000000155. The molecule has 5 amide bonds. The number of fused-ring (bicyclic) bond motifs is 8. The molecule has 3 fully saturated rings. The first-order valence-electron chi connectivity index (χ1n) is 40.7. The lowest BCUT2D eigenvalue weighted by Gasteiger charge is -2.41. The van der Waals surface area contributed by atoms with Gasteiger partial charge in [0.15, 0.2) is 40.6 Å². The number of Topliss-reactive ketones (excluding diaryl/α,β-unsaturated/α-hetero) is 10. The van der Waals surface area contributed by atoms with Gasteiger partial charge in [0.1, 0.15) is 85.6 Å². The van der Waals surface area contributed by atoms with Crippen LogP contribution < -0.4 is 26.6 Å². The molecule has 3 spiro atoms. The van der Waals surface area contributed by atoms with Crippen molar-refractivity contribution in [3.05, 3.63) is 274 Å². The summed E-state index contributed by atoms with van der Waals surface area (Å²) >= 11 is 12.6. The molecule has 8 aliphatic rings. The number of nitrogens with one attached hydrogen (secondary N) is 5. The number of ether oxygens (including phenoxy) is 3. The van der Waals surface area contributed by atoms with E-state index in [1.165, 1.54) is 34.6 Å². The summed E-state index contributed by atoms with van der Waals surface area (Å²) in [6.45, 7) is 10.7. The number of carbonyl (C=O) groups is 15. The summed E-state index contributed by atoms with van der Waals surface area (Å²) < 4.78 is 44.4. The fourth-order valence-corrected chi connectivity index (χ4v) is 17.7. The van der Waals surface area contributed by atoms with Crippen LogP contribution in [0, 0.1) is 11.6 Å². The van der Waals surface area contributed by atoms with E-state index in [0.29, 0.717) is 102 Å². The number of rotatable bonds is 17. The SMILES string of the molecule is CC(=O)CNC(=O)C1=C(O)c2c(Cl)cccc2C2(CCOCC2)C1=O.CC(=O)CNC(=O)C1=C(O)c2ccc(F)c(F)c2C2(CCOCC2)C1=O.CC(=O)CNC(=O)C1=C(O)c2cccc(Cl)c2C2(CCOCC2)C1=O.CC(=O)CNC(=O)C1=C(O)c2ccccc2[C@@](C)(c2ccccc2)C1=O.CC(=O)CNC(=O)C1=C(O)c2ccccc2[C@](C)(c2ccccc2)C1=O. The van der Waals surface area contributed by atoms with Crippen molar-refractivity contribution in [2.45, 2.75) is 114 Å². The van der Waals surface area contributed by atoms with Gasteiger partial charge in [-0.25, -0.2) is 8.78 Å². The summed E-state index contributed by atoms with van der Waals surface area (Å²) in [4.78, 5) is 184. The van der Waals surface area contributed by atoms with Crippen molar-refractivity contribution in [2.75, 3.05) is 72.4 Å². The Kier molecular flexibility index (Phi) is 29.5. The summed E-state index contributed by atoms with van der Waals surface area (Å²) in [5, 5.41) is 65.4. The first-order chi connectivity index (χ1) is 60.8. The van der Waals surface area contributed by atoms with E-state index in [4.69, 9.17) is 37.4 Å². The van der Waals surface area contributed by atoms with E-state index in [1.807, 2.05) is 60.7 Å². The van der Waals surface area contributed by atoms with E-state index in [9.17, 15) is 106 Å². The van der Waals surface area contributed by atoms with Crippen LogP contribution >= 0.6 is 23.2 Å². The molecule has 0 unspecified atom stereocenters. The highest BCUT2D eigenvalue weighted by molar-refractivity contribution is 6.37. The minimum absolute atomic E-state index is 0.0516. The van der Waals surface area contributed by atoms with Crippen LogP contribution in [0.15, 0.2) is 186 Å². The lowest BCUT2D eigenvalue weighted by atomic mass is 9.64. The van der Waals surface area contributed by atoms with Gasteiger partial charge in [-0.05, 0) is 145 Å². The molecule has 0 aromatic heterocycles. The van der Waals surface area contributed by atoms with Crippen LogP contribution in [0.25, 0.3) is 28.8 Å². The normalized spacial score (nSPS) is 18.9. The molecule has 3 saturated heterocycles. The fourth-order valence-electron chi connectivity index (χ4n) is 17.1. The van der Waals surface area contributed by atoms with Gasteiger partial charge in [0.25, 0.3) is 29.5 Å². The van der Waals surface area contributed by atoms with E-state index in [0.717, 1.165) is 23.3 Å². The average Bonchev–Trinajstić information content (AvgIpc) is 0.724. The highest BCUT2D eigenvalue weighted by Gasteiger charge is 2.56. The number of carbonyl (C=O) groups excluding carboxylic acids is 15. The monoisotopic (exact) mass is 1790 g/mol. The molecule has 2 atom stereocenters. The average molecular weight is 1790 g/mol. The number of aliphatic hydroxyl groups excluding tert-OH is 5. The summed E-state index contributed by atoms with van der Waals surface area (Å²) in [7, 11) is 0. The van der Waals surface area contributed by atoms with Crippen LogP contribution in [0.3, 0.4) is 0 Å². The van der Waals surface area contributed by atoms with Crippen molar-refractivity contribution >= 4 is 139 Å². The van der Waals surface area contributed by atoms with E-state index in [-0.39, 0.29) is 138 Å². The summed E-state index contributed by atoms with van der Waals surface area (Å²) in [5.74, 6) is -12.6. The molecule has 0 radical (unpaired) electrons. The maximum atomic E-state index is 14.6. The van der Waals surface area contributed by atoms with Crippen LogP contribution in [0.2, 0.25) is 10.0 Å². The lowest BCUT2D eigenvalue weighted by Crippen LogP contribution is -2.49. The standard InChI is InChI=1S/2C21H19NO4.2C18H18ClNO5.C18H17F2NO5/c2*1-13(23)12-22-20(26)17-18(24)15-10-6-7-11-16(15)21(2,19(17)25)14-8-4-3-5-9-14;1-10(21)9-20-17(24)13-15(22)11-3-2-4-12(19)14(11)18(16(13)23)5-7-25-8-6-18;1-10(21)9-20-17(24)14-15(22)13-11(3-2-4-12(13)19)18(16(14)23)5-7-25-8-6-18;1-9(22)8-21-17(25)12-15(23)10-2-3-11(19)14(20)13(10)18(16(12)24)4-6-26-7-5-18/h2*3-11,24H,12H2,1-2H3,(H,22,26);2*2-4,22H,5-9H2,1H3,(H,20,24);2-3,23H,4-8H2,1H3,(H,21,25)/t2*21-;;;/m10.../s1. The maximum absolute atomic E-state index is 14.6. The molecule has 128 heavy (non-hydrogen) atoms. The van der Waals surface area contributed by atoms with Gasteiger partial charge in [-0.15, -0.1) is 0 Å². The van der Waals surface area contributed by atoms with Gasteiger partial charge in [0.2, 0.25) is 0 Å². The third kappa shape index (κ3) is 18.3. The Morgan fingerprint density at radius 3 is 0.984 bits per heavy atom. The Hall–Kier alpha value is -13.4. The number of hydrogen-bond donors (Lipinski definition) is 10. The number of hydrogen-bond acceptors (Lipinski definition) is 23. The molecule has 15 rings (SSSR count). The number of ketones is 10. The summed E-state index contributed by atoms with van der Waals surface area (Å²) in [6, 6.07) is 44.3. The molecule has 3 aliphatic heterocycles. The van der Waals surface area contributed by atoms with Gasteiger partial charge in [-0.1, -0.05) is 157 Å². The van der Waals surface area contributed by atoms with Crippen molar-refractivity contribution in [3.8, 4) is 0 Å². The van der Waals surface area contributed by atoms with Crippen LogP contribution in [0.5, 0.6) is 0 Å². The highest BCUT2D eigenvalue weighted by Crippen LogP contribution is 2.53. The molecule has 7 aromatic rings. The summed E-state index contributed by atoms with van der Waals surface area (Å²) in [6.07, 6.45) is 1.65. The van der Waals surface area contributed by atoms with Crippen molar-refractivity contribution < 1.29 is 120 Å². The fraction of sp³-hybridized carbons (Fsp3) is 0.302. The van der Waals surface area contributed by atoms with E-state index in [1.54, 1.807) is 98.8 Å². The number of amides is 5. The largest absolute Gasteiger partial charge is 0.506 e. The van der Waals surface area contributed by atoms with E-state index >= 15 is 0 Å². The van der Waals surface area contributed by atoms with Crippen LogP contribution in [-0.2, 0) is 113 Å². The van der Waals surface area contributed by atoms with E-state index in [2.05, 4.69) is 26.6 Å². The predicted molar refractivity (Wildman–Crippen MR) is 464 cm³/mol. The Bertz CT molecular complexity index is 5800. The van der Waals surface area contributed by atoms with Crippen LogP contribution in [0.1, 0.15) is 154 Å². The Labute approximate surface area is 742 Å². The zero-order valence-corrected chi connectivity index (χ0v) is 72.1. The predicted octanol–water partition coefficient (Wildman–Crippen LogP) is 10.6. The molecule has 7 aromatic carbocycles. The molecule has 10 N–H and O–H groups in total. The minimum atomic E-state index is -1.49. The zero-order valence-electron chi connectivity index (χ0n) is 70.6. The highest BCUT2D eigenvalue weighted by atomic mass is 35.5. The minimum Gasteiger partial charge on any atom is -0.506 e. The van der Waals surface area contributed by atoms with Crippen molar-refractivity contribution in [1.82, 2.24) is 26.6 Å². The Morgan fingerprint density at radius 2 is 0.609 bits per heavy atom. The number of halogens is 4. The van der Waals surface area contributed by atoms with Crippen LogP contribution in [0.4, 0.5) is 8.78 Å². The van der Waals surface area contributed by atoms with Crippen molar-refractivity contribution in [1.29, 1.82) is 0 Å². The molecule has 28 nitrogen and oxygen atoms in total. The molecule has 0 saturated carbocycles. The molecule has 3 heterocycles. The maximum Gasteiger partial charge on any atom is 0.259 e. The van der Waals surface area contributed by atoms with E-state index < -0.39 is 120 Å². The number of benzene rings is 7. The molecule has 32 heteroatoms. The molecule has 0 bridgehead atoms. The van der Waals surface area contributed by atoms with Gasteiger partial charge < -0.3 is 66.3 Å². The quantitative estimate of drug-likeness (QED) is 0.0379.